The largest absolute Gasteiger partial charge is 0.324 e. The minimum absolute atomic E-state index is 0. The molecule has 1 fully saturated rings. The molecule has 1 unspecified atom stereocenters. The maximum Gasteiger partial charge on any atom is 0.231 e. The molecular weight excluding hydrogens is 261 g/mol. The van der Waals surface area contributed by atoms with Gasteiger partial charge in [0.25, 0.3) is 0 Å². The van der Waals surface area contributed by atoms with Crippen molar-refractivity contribution in [2.75, 3.05) is 18.4 Å². The molecule has 17 heavy (non-hydrogen) atoms. The second-order valence-electron chi connectivity index (χ2n) is 4.18. The smallest absolute Gasteiger partial charge is 0.231 e. The fourth-order valence-electron chi connectivity index (χ4n) is 1.73. The molecule has 2 heterocycles. The van der Waals surface area contributed by atoms with Crippen LogP contribution in [0.3, 0.4) is 0 Å². The summed E-state index contributed by atoms with van der Waals surface area (Å²) in [6.45, 7) is 3.65. The molecule has 2 rings (SSSR count). The van der Waals surface area contributed by atoms with Gasteiger partial charge in [-0.2, -0.15) is 0 Å². The first-order chi connectivity index (χ1) is 7.21. The van der Waals surface area contributed by atoms with Gasteiger partial charge in [0.05, 0.1) is 17.3 Å². The van der Waals surface area contributed by atoms with Crippen LogP contribution in [0.5, 0.6) is 0 Å². The highest BCUT2D eigenvalue weighted by molar-refractivity contribution is 5.95. The maximum atomic E-state index is 12.0. The lowest BCUT2D eigenvalue weighted by Gasteiger charge is -2.21. The highest BCUT2D eigenvalue weighted by Gasteiger charge is 2.36. The standard InChI is InChI=1S/C11H15N3O.2ClH/c1-11(4-6-13-8-11)10(15)14-9-3-2-5-12-7-9;;/h2-3,5,7,13H,4,6,8H2,1H3,(H,14,15);2*1H. The monoisotopic (exact) mass is 277 g/mol. The van der Waals surface area contributed by atoms with Crippen molar-refractivity contribution in [3.8, 4) is 0 Å². The number of halogens is 2. The number of hydrogen-bond acceptors (Lipinski definition) is 3. The van der Waals surface area contributed by atoms with Gasteiger partial charge in [0.2, 0.25) is 5.91 Å². The Kier molecular flexibility index (Phi) is 6.45. The van der Waals surface area contributed by atoms with E-state index in [1.807, 2.05) is 19.1 Å². The lowest BCUT2D eigenvalue weighted by Crippen LogP contribution is -2.35. The van der Waals surface area contributed by atoms with Crippen LogP contribution in [0.2, 0.25) is 0 Å². The van der Waals surface area contributed by atoms with Gasteiger partial charge < -0.3 is 10.6 Å². The number of nitrogens with one attached hydrogen (secondary N) is 2. The first-order valence-electron chi connectivity index (χ1n) is 5.13. The van der Waals surface area contributed by atoms with Crippen LogP contribution in [0.1, 0.15) is 13.3 Å². The average molecular weight is 278 g/mol. The number of hydrogen-bond donors (Lipinski definition) is 2. The second-order valence-corrected chi connectivity index (χ2v) is 4.18. The highest BCUT2D eigenvalue weighted by atomic mass is 35.5. The summed E-state index contributed by atoms with van der Waals surface area (Å²) in [5.74, 6) is 0.0699. The Bertz CT molecular complexity index is 353. The summed E-state index contributed by atoms with van der Waals surface area (Å²) in [4.78, 5) is 15.9. The molecule has 0 spiro atoms. The first-order valence-corrected chi connectivity index (χ1v) is 5.13. The molecule has 0 bridgehead atoms. The van der Waals surface area contributed by atoms with Crippen LogP contribution >= 0.6 is 24.8 Å². The molecular formula is C11H17Cl2N3O. The molecule has 1 aromatic rings. The van der Waals surface area contributed by atoms with Gasteiger partial charge >= 0.3 is 0 Å². The van der Waals surface area contributed by atoms with Gasteiger partial charge in [-0.3, -0.25) is 9.78 Å². The van der Waals surface area contributed by atoms with E-state index in [9.17, 15) is 4.79 Å². The summed E-state index contributed by atoms with van der Waals surface area (Å²) >= 11 is 0. The van der Waals surface area contributed by atoms with Crippen LogP contribution in [-0.4, -0.2) is 24.0 Å². The highest BCUT2D eigenvalue weighted by Crippen LogP contribution is 2.26. The summed E-state index contributed by atoms with van der Waals surface area (Å²) in [6, 6.07) is 3.65. The van der Waals surface area contributed by atoms with Gasteiger partial charge in [-0.05, 0) is 32.0 Å². The van der Waals surface area contributed by atoms with Crippen LogP contribution in [0.4, 0.5) is 5.69 Å². The lowest BCUT2D eigenvalue weighted by molar-refractivity contribution is -0.123. The number of rotatable bonds is 2. The van der Waals surface area contributed by atoms with Gasteiger partial charge in [0.15, 0.2) is 0 Å². The molecule has 0 radical (unpaired) electrons. The average Bonchev–Trinajstić information content (AvgIpc) is 2.68. The summed E-state index contributed by atoms with van der Waals surface area (Å²) in [6.07, 6.45) is 4.23. The predicted octanol–water partition coefficient (Wildman–Crippen LogP) is 1.86. The van der Waals surface area contributed by atoms with E-state index >= 15 is 0 Å². The molecule has 1 saturated heterocycles. The third kappa shape index (κ3) is 3.84. The van der Waals surface area contributed by atoms with Crippen LogP contribution in [0, 0.1) is 5.41 Å². The summed E-state index contributed by atoms with van der Waals surface area (Å²) in [5.41, 5.74) is 0.478. The third-order valence-electron chi connectivity index (χ3n) is 2.84. The third-order valence-corrected chi connectivity index (χ3v) is 2.84. The van der Waals surface area contributed by atoms with E-state index in [2.05, 4.69) is 15.6 Å². The zero-order valence-electron chi connectivity index (χ0n) is 9.60. The van der Waals surface area contributed by atoms with Crippen molar-refractivity contribution in [2.45, 2.75) is 13.3 Å². The molecule has 1 aromatic heterocycles. The van der Waals surface area contributed by atoms with E-state index in [1.54, 1.807) is 12.4 Å². The summed E-state index contributed by atoms with van der Waals surface area (Å²) in [5, 5.41) is 6.09. The SMILES string of the molecule is CC1(C(=O)Nc2cccnc2)CCNC1.Cl.Cl. The molecule has 1 aliphatic heterocycles. The van der Waals surface area contributed by atoms with Crippen molar-refractivity contribution in [3.63, 3.8) is 0 Å². The van der Waals surface area contributed by atoms with Gasteiger partial charge in [-0.25, -0.2) is 0 Å². The van der Waals surface area contributed by atoms with Gasteiger partial charge in [0, 0.05) is 12.7 Å². The lowest BCUT2D eigenvalue weighted by atomic mass is 9.89. The molecule has 96 valence electrons. The molecule has 1 amide bonds. The molecule has 0 aliphatic carbocycles. The number of amides is 1. The molecule has 6 heteroatoms. The molecule has 4 nitrogen and oxygen atoms in total. The Morgan fingerprint density at radius 2 is 2.29 bits per heavy atom. The van der Waals surface area contributed by atoms with Gasteiger partial charge in [-0.1, -0.05) is 0 Å². The van der Waals surface area contributed by atoms with Gasteiger partial charge in [-0.15, -0.1) is 24.8 Å². The number of carbonyl (C=O) groups excluding carboxylic acids is 1. The summed E-state index contributed by atoms with van der Waals surface area (Å²) in [7, 11) is 0. The van der Waals surface area contributed by atoms with E-state index in [-0.39, 0.29) is 36.1 Å². The maximum absolute atomic E-state index is 12.0. The van der Waals surface area contributed by atoms with Crippen LogP contribution < -0.4 is 10.6 Å². The zero-order valence-corrected chi connectivity index (χ0v) is 11.2. The van der Waals surface area contributed by atoms with Crippen molar-refractivity contribution in [2.24, 2.45) is 5.41 Å². The minimum Gasteiger partial charge on any atom is -0.324 e. The van der Waals surface area contributed by atoms with Crippen molar-refractivity contribution in [1.82, 2.24) is 10.3 Å². The first kappa shape index (κ1) is 16.2. The van der Waals surface area contributed by atoms with Crippen molar-refractivity contribution in [1.29, 1.82) is 0 Å². The van der Waals surface area contributed by atoms with Crippen LogP contribution in [-0.2, 0) is 4.79 Å². The van der Waals surface area contributed by atoms with Crippen molar-refractivity contribution in [3.05, 3.63) is 24.5 Å². The second kappa shape index (κ2) is 6.79. The molecule has 0 aromatic carbocycles. The number of nitrogens with zero attached hydrogens (tertiary/aromatic N) is 1. The quantitative estimate of drug-likeness (QED) is 0.868. The molecule has 2 N–H and O–H groups in total. The Morgan fingerprint density at radius 1 is 1.53 bits per heavy atom. The van der Waals surface area contributed by atoms with E-state index in [0.29, 0.717) is 0 Å². The van der Waals surface area contributed by atoms with Crippen molar-refractivity contribution < 1.29 is 4.79 Å². The molecule has 1 atom stereocenters. The number of anilines is 1. The van der Waals surface area contributed by atoms with E-state index < -0.39 is 0 Å². The molecule has 1 aliphatic rings. The summed E-state index contributed by atoms with van der Waals surface area (Å²) < 4.78 is 0. The number of carbonyl (C=O) groups is 1. The zero-order chi connectivity index (χ0) is 10.7. The predicted molar refractivity (Wildman–Crippen MR) is 73.0 cm³/mol. The van der Waals surface area contributed by atoms with E-state index in [4.69, 9.17) is 0 Å². The van der Waals surface area contributed by atoms with Crippen molar-refractivity contribution >= 4 is 36.4 Å². The normalized spacial score (nSPS) is 22.2. The van der Waals surface area contributed by atoms with Crippen LogP contribution in [0.15, 0.2) is 24.5 Å². The Morgan fingerprint density at radius 3 is 2.82 bits per heavy atom. The fraction of sp³-hybridized carbons (Fsp3) is 0.455. The van der Waals surface area contributed by atoms with Gasteiger partial charge in [0.1, 0.15) is 0 Å². The van der Waals surface area contributed by atoms with E-state index in [0.717, 1.165) is 25.2 Å². The fourth-order valence-corrected chi connectivity index (χ4v) is 1.73. The number of pyridine rings is 1. The van der Waals surface area contributed by atoms with E-state index in [1.165, 1.54) is 0 Å². The minimum atomic E-state index is -0.282. The Labute approximate surface area is 113 Å². The topological polar surface area (TPSA) is 54.0 Å². The molecule has 0 saturated carbocycles. The number of aromatic nitrogens is 1. The Balaban J connectivity index is 0.00000128. The van der Waals surface area contributed by atoms with Crippen LogP contribution in [0.25, 0.3) is 0 Å². The Hall–Kier alpha value is -0.840.